The van der Waals surface area contributed by atoms with Crippen LogP contribution in [0.4, 0.5) is 0 Å². The maximum Gasteiger partial charge on any atom is 0.328 e. The van der Waals surface area contributed by atoms with Gasteiger partial charge in [-0.15, -0.1) is 0 Å². The summed E-state index contributed by atoms with van der Waals surface area (Å²) in [5, 5.41) is 13.1. The number of carbonyl (C=O) groups excluding carboxylic acids is 3. The molecule has 0 radical (unpaired) electrons. The average Bonchev–Trinajstić information content (AvgIpc) is 2.87. The number of aryl methyl sites for hydroxylation is 1. The fourth-order valence-corrected chi connectivity index (χ4v) is 3.58. The lowest BCUT2D eigenvalue weighted by Gasteiger charge is -2.17. The van der Waals surface area contributed by atoms with Crippen LogP contribution >= 0.6 is 0 Å². The van der Waals surface area contributed by atoms with Crippen molar-refractivity contribution in [3.05, 3.63) is 101 Å². The summed E-state index contributed by atoms with van der Waals surface area (Å²) in [5.41, 5.74) is 8.75. The van der Waals surface area contributed by atoms with Gasteiger partial charge in [-0.25, -0.2) is 4.79 Å². The summed E-state index contributed by atoms with van der Waals surface area (Å²) in [6.45, 7) is 0.417. The van der Waals surface area contributed by atoms with E-state index in [0.29, 0.717) is 18.5 Å². The van der Waals surface area contributed by atoms with Gasteiger partial charge < -0.3 is 20.9 Å². The summed E-state index contributed by atoms with van der Waals surface area (Å²) in [4.78, 5) is 37.4. The Morgan fingerprint density at radius 1 is 0.941 bits per heavy atom. The Hall–Kier alpha value is -3.97. The number of phenolic OH excluding ortho intramolecular Hbond substituents is 1. The Balaban J connectivity index is 1.63. The van der Waals surface area contributed by atoms with Crippen LogP contribution < -0.4 is 11.1 Å². The van der Waals surface area contributed by atoms with Crippen LogP contribution in [0.15, 0.2) is 72.8 Å². The molecule has 7 heteroatoms. The Bertz CT molecular complexity index is 1140. The number of hydrogen-bond acceptors (Lipinski definition) is 6. The molecule has 0 aliphatic carbocycles. The molecule has 3 aromatic carbocycles. The van der Waals surface area contributed by atoms with Crippen molar-refractivity contribution in [3.8, 4) is 5.75 Å². The van der Waals surface area contributed by atoms with Gasteiger partial charge >= 0.3 is 5.97 Å². The SMILES string of the molecule is COC(=O)[C@H](Cc1ccccc1)NC(=O)c1ccc(CCC(=O)c2ccc(CN)cc2)cc1O. The first-order valence-corrected chi connectivity index (χ1v) is 11.0. The van der Waals surface area contributed by atoms with Crippen LogP contribution in [-0.2, 0) is 28.9 Å². The number of Topliss-reactive ketones (excluding diaryl/α,β-unsaturated/α-hetero) is 1. The molecule has 0 aromatic heterocycles. The molecule has 1 atom stereocenters. The fourth-order valence-electron chi connectivity index (χ4n) is 3.58. The van der Waals surface area contributed by atoms with Crippen LogP contribution in [0.2, 0.25) is 0 Å². The van der Waals surface area contributed by atoms with E-state index in [1.165, 1.54) is 19.2 Å². The normalized spacial score (nSPS) is 11.5. The number of hydrogen-bond donors (Lipinski definition) is 3. The molecular weight excluding hydrogens is 432 g/mol. The molecule has 34 heavy (non-hydrogen) atoms. The van der Waals surface area contributed by atoms with Gasteiger partial charge in [-0.2, -0.15) is 0 Å². The minimum Gasteiger partial charge on any atom is -0.507 e. The van der Waals surface area contributed by atoms with Crippen molar-refractivity contribution in [3.63, 3.8) is 0 Å². The van der Waals surface area contributed by atoms with Crippen molar-refractivity contribution >= 4 is 17.7 Å². The molecule has 3 aromatic rings. The number of aromatic hydroxyl groups is 1. The number of esters is 1. The highest BCUT2D eigenvalue weighted by atomic mass is 16.5. The van der Waals surface area contributed by atoms with E-state index in [-0.39, 0.29) is 29.9 Å². The molecule has 0 aliphatic rings. The van der Waals surface area contributed by atoms with Crippen molar-refractivity contribution in [2.75, 3.05) is 7.11 Å². The van der Waals surface area contributed by atoms with E-state index in [0.717, 1.165) is 16.7 Å². The maximum absolute atomic E-state index is 12.8. The van der Waals surface area contributed by atoms with Crippen molar-refractivity contribution in [2.45, 2.75) is 31.8 Å². The Kier molecular flexibility index (Phi) is 8.54. The first kappa shape index (κ1) is 24.7. The molecule has 0 unspecified atom stereocenters. The summed E-state index contributed by atoms with van der Waals surface area (Å²) in [7, 11) is 1.26. The average molecular weight is 461 g/mol. The number of phenols is 1. The van der Waals surface area contributed by atoms with Gasteiger partial charge in [-0.05, 0) is 35.2 Å². The largest absolute Gasteiger partial charge is 0.507 e. The highest BCUT2D eigenvalue weighted by Crippen LogP contribution is 2.21. The van der Waals surface area contributed by atoms with Gasteiger partial charge in [0.05, 0.1) is 12.7 Å². The van der Waals surface area contributed by atoms with Crippen LogP contribution in [0, 0.1) is 0 Å². The lowest BCUT2D eigenvalue weighted by molar-refractivity contribution is -0.142. The molecule has 0 saturated carbocycles. The zero-order chi connectivity index (χ0) is 24.5. The topological polar surface area (TPSA) is 119 Å². The Labute approximate surface area is 198 Å². The number of nitrogens with one attached hydrogen (secondary N) is 1. The van der Waals surface area contributed by atoms with E-state index in [9.17, 15) is 19.5 Å². The minimum absolute atomic E-state index is 0.0216. The van der Waals surface area contributed by atoms with Crippen molar-refractivity contribution in [1.29, 1.82) is 0 Å². The lowest BCUT2D eigenvalue weighted by Crippen LogP contribution is -2.43. The number of ether oxygens (including phenoxy) is 1. The third kappa shape index (κ3) is 6.52. The number of methoxy groups -OCH3 is 1. The Morgan fingerprint density at radius 2 is 1.62 bits per heavy atom. The molecular formula is C27H28N2O5. The van der Waals surface area contributed by atoms with Gasteiger partial charge in [-0.3, -0.25) is 9.59 Å². The molecule has 7 nitrogen and oxygen atoms in total. The second-order valence-electron chi connectivity index (χ2n) is 7.91. The second-order valence-corrected chi connectivity index (χ2v) is 7.91. The highest BCUT2D eigenvalue weighted by molar-refractivity contribution is 5.99. The molecule has 0 bridgehead atoms. The van der Waals surface area contributed by atoms with Gasteiger partial charge in [0.15, 0.2) is 5.78 Å². The number of carbonyl (C=O) groups is 3. The summed E-state index contributed by atoms with van der Waals surface area (Å²) in [5.74, 6) is -1.41. The summed E-state index contributed by atoms with van der Waals surface area (Å²) in [6.07, 6.45) is 0.923. The van der Waals surface area contributed by atoms with Gasteiger partial charge in [0.2, 0.25) is 0 Å². The fraction of sp³-hybridized carbons (Fsp3) is 0.222. The molecule has 0 spiro atoms. The molecule has 0 heterocycles. The van der Waals surface area contributed by atoms with Crippen LogP contribution in [0.25, 0.3) is 0 Å². The number of nitrogens with two attached hydrogens (primary N) is 1. The van der Waals surface area contributed by atoms with Gasteiger partial charge in [-0.1, -0.05) is 60.7 Å². The summed E-state index contributed by atoms with van der Waals surface area (Å²) in [6, 6.07) is 20.1. The summed E-state index contributed by atoms with van der Waals surface area (Å²) >= 11 is 0. The number of ketones is 1. The van der Waals surface area contributed by atoms with Crippen molar-refractivity contribution in [1.82, 2.24) is 5.32 Å². The van der Waals surface area contributed by atoms with Gasteiger partial charge in [0.1, 0.15) is 11.8 Å². The molecule has 176 valence electrons. The zero-order valence-electron chi connectivity index (χ0n) is 19.0. The first-order chi connectivity index (χ1) is 16.4. The van der Waals surface area contributed by atoms with Crippen LogP contribution in [0.1, 0.15) is 43.8 Å². The molecule has 1 amide bonds. The zero-order valence-corrected chi connectivity index (χ0v) is 19.0. The Morgan fingerprint density at radius 3 is 2.24 bits per heavy atom. The van der Waals surface area contributed by atoms with E-state index in [4.69, 9.17) is 10.5 Å². The quantitative estimate of drug-likeness (QED) is 0.316. The van der Waals surface area contributed by atoms with Gasteiger partial charge in [0, 0.05) is 24.9 Å². The smallest absolute Gasteiger partial charge is 0.328 e. The second kappa shape index (κ2) is 11.8. The third-order valence-electron chi connectivity index (χ3n) is 5.53. The highest BCUT2D eigenvalue weighted by Gasteiger charge is 2.24. The maximum atomic E-state index is 12.8. The first-order valence-electron chi connectivity index (χ1n) is 11.0. The number of amides is 1. The summed E-state index contributed by atoms with van der Waals surface area (Å²) < 4.78 is 4.82. The van der Waals surface area contributed by atoms with E-state index in [2.05, 4.69) is 5.32 Å². The van der Waals surface area contributed by atoms with Crippen LogP contribution in [0.5, 0.6) is 5.75 Å². The predicted molar refractivity (Wildman–Crippen MR) is 129 cm³/mol. The standard InChI is InChI=1S/C27H28N2O5/c1-34-27(33)23(15-18-5-3-2-4-6-18)29-26(32)22-13-9-19(16-25(22)31)10-14-24(30)21-11-7-20(17-28)8-12-21/h2-9,11-13,16,23,31H,10,14-15,17,28H2,1H3,(H,29,32)/t23-/m0/s1. The van der Waals surface area contributed by atoms with E-state index >= 15 is 0 Å². The number of rotatable bonds is 10. The molecule has 4 N–H and O–H groups in total. The van der Waals surface area contributed by atoms with Crippen molar-refractivity contribution < 1.29 is 24.2 Å². The molecule has 0 fully saturated rings. The monoisotopic (exact) mass is 460 g/mol. The van der Waals surface area contributed by atoms with E-state index < -0.39 is 17.9 Å². The van der Waals surface area contributed by atoms with Gasteiger partial charge in [0.25, 0.3) is 5.91 Å². The lowest BCUT2D eigenvalue weighted by atomic mass is 10.00. The minimum atomic E-state index is -0.901. The molecule has 0 saturated heterocycles. The van der Waals surface area contributed by atoms with Crippen LogP contribution in [-0.4, -0.2) is 35.9 Å². The van der Waals surface area contributed by atoms with E-state index in [1.54, 1.807) is 18.2 Å². The molecule has 0 aliphatic heterocycles. The van der Waals surface area contributed by atoms with Crippen LogP contribution in [0.3, 0.4) is 0 Å². The number of benzene rings is 3. The van der Waals surface area contributed by atoms with E-state index in [1.807, 2.05) is 42.5 Å². The van der Waals surface area contributed by atoms with Crippen molar-refractivity contribution in [2.24, 2.45) is 5.73 Å². The predicted octanol–water partition coefficient (Wildman–Crippen LogP) is 3.18. The third-order valence-corrected chi connectivity index (χ3v) is 5.53. The molecule has 3 rings (SSSR count).